The van der Waals surface area contributed by atoms with Crippen LogP contribution in [0.3, 0.4) is 0 Å². The Morgan fingerprint density at radius 1 is 1.56 bits per heavy atom. The van der Waals surface area contributed by atoms with Crippen LogP contribution in [0.5, 0.6) is 0 Å². The molecule has 0 heterocycles. The van der Waals surface area contributed by atoms with Gasteiger partial charge in [0.15, 0.2) is 0 Å². The Morgan fingerprint density at radius 2 is 2.28 bits per heavy atom. The van der Waals surface area contributed by atoms with Crippen molar-refractivity contribution in [2.75, 3.05) is 13.2 Å². The van der Waals surface area contributed by atoms with Crippen LogP contribution in [-0.2, 0) is 0 Å². The number of carbonyl (C=O) groups excluding carboxylic acids is 1. The summed E-state index contributed by atoms with van der Waals surface area (Å²) < 4.78 is 0. The molecular weight excluding hydrogens is 228 g/mol. The van der Waals surface area contributed by atoms with E-state index in [0.29, 0.717) is 24.1 Å². The second-order valence-corrected chi connectivity index (χ2v) is 4.47. The minimum Gasteiger partial charge on any atom is -0.396 e. The summed E-state index contributed by atoms with van der Waals surface area (Å²) in [4.78, 5) is 11.9. The molecule has 4 nitrogen and oxygen atoms in total. The third kappa shape index (κ3) is 3.86. The highest BCUT2D eigenvalue weighted by Gasteiger charge is 2.10. The van der Waals surface area contributed by atoms with Crippen LogP contribution in [0.1, 0.15) is 34.8 Å². The molecule has 1 aromatic carbocycles. The Morgan fingerprint density at radius 3 is 2.83 bits per heavy atom. The third-order valence-corrected chi connectivity index (χ3v) is 2.83. The normalized spacial score (nSPS) is 11.7. The lowest BCUT2D eigenvalue weighted by molar-refractivity contribution is 0.0945. The van der Waals surface area contributed by atoms with Crippen molar-refractivity contribution in [3.8, 4) is 6.07 Å². The Labute approximate surface area is 107 Å². The highest BCUT2D eigenvalue weighted by atomic mass is 16.3. The minimum atomic E-state index is -0.137. The van der Waals surface area contributed by atoms with Crippen molar-refractivity contribution in [1.29, 1.82) is 5.26 Å². The SMILES string of the molecule is Cc1cc(C#N)ccc1C(=O)NCC(C)CCO. The average molecular weight is 246 g/mol. The van der Waals surface area contributed by atoms with Crippen molar-refractivity contribution in [2.45, 2.75) is 20.3 Å². The number of hydrogen-bond donors (Lipinski definition) is 2. The van der Waals surface area contributed by atoms with Gasteiger partial charge in [0, 0.05) is 18.7 Å². The highest BCUT2D eigenvalue weighted by Crippen LogP contribution is 2.10. The number of nitrogens with zero attached hydrogens (tertiary/aromatic N) is 1. The first-order valence-corrected chi connectivity index (χ1v) is 5.98. The van der Waals surface area contributed by atoms with E-state index in [1.54, 1.807) is 18.2 Å². The predicted octanol–water partition coefficient (Wildman–Crippen LogP) is 1.61. The van der Waals surface area contributed by atoms with Crippen LogP contribution >= 0.6 is 0 Å². The first-order chi connectivity index (χ1) is 8.58. The van der Waals surface area contributed by atoms with Gasteiger partial charge in [-0.25, -0.2) is 0 Å². The average Bonchev–Trinajstić information content (AvgIpc) is 2.36. The van der Waals surface area contributed by atoms with Crippen LogP contribution in [0.4, 0.5) is 0 Å². The van der Waals surface area contributed by atoms with E-state index in [4.69, 9.17) is 10.4 Å². The molecule has 1 atom stereocenters. The molecule has 0 spiro atoms. The third-order valence-electron chi connectivity index (χ3n) is 2.83. The molecule has 0 aliphatic carbocycles. The van der Waals surface area contributed by atoms with Gasteiger partial charge in [-0.2, -0.15) is 5.26 Å². The van der Waals surface area contributed by atoms with Gasteiger partial charge in [-0.15, -0.1) is 0 Å². The van der Waals surface area contributed by atoms with Gasteiger partial charge in [0.05, 0.1) is 11.6 Å². The number of hydrogen-bond acceptors (Lipinski definition) is 3. The Bertz CT molecular complexity index is 463. The van der Waals surface area contributed by atoms with Crippen molar-refractivity contribution < 1.29 is 9.90 Å². The van der Waals surface area contributed by atoms with Gasteiger partial charge < -0.3 is 10.4 Å². The van der Waals surface area contributed by atoms with Crippen LogP contribution < -0.4 is 5.32 Å². The number of aliphatic hydroxyl groups is 1. The second-order valence-electron chi connectivity index (χ2n) is 4.47. The van der Waals surface area contributed by atoms with Gasteiger partial charge >= 0.3 is 0 Å². The van der Waals surface area contributed by atoms with E-state index in [2.05, 4.69) is 5.32 Å². The van der Waals surface area contributed by atoms with Gasteiger partial charge in [-0.3, -0.25) is 4.79 Å². The van der Waals surface area contributed by atoms with Crippen molar-refractivity contribution in [3.05, 3.63) is 34.9 Å². The topological polar surface area (TPSA) is 73.1 Å². The molecule has 2 N–H and O–H groups in total. The van der Waals surface area contributed by atoms with Crippen molar-refractivity contribution in [2.24, 2.45) is 5.92 Å². The molecule has 0 aliphatic heterocycles. The summed E-state index contributed by atoms with van der Waals surface area (Å²) >= 11 is 0. The Kier molecular flexibility index (Phi) is 5.34. The molecular formula is C14H18N2O2. The molecule has 0 bridgehead atoms. The smallest absolute Gasteiger partial charge is 0.251 e. The maximum absolute atomic E-state index is 11.9. The quantitative estimate of drug-likeness (QED) is 0.829. The van der Waals surface area contributed by atoms with Crippen molar-refractivity contribution in [1.82, 2.24) is 5.32 Å². The molecule has 0 aliphatic rings. The monoisotopic (exact) mass is 246 g/mol. The number of aliphatic hydroxyl groups excluding tert-OH is 1. The van der Waals surface area contributed by atoms with Gasteiger partial charge in [0.1, 0.15) is 0 Å². The van der Waals surface area contributed by atoms with E-state index in [-0.39, 0.29) is 18.4 Å². The van der Waals surface area contributed by atoms with Crippen LogP contribution in [0.15, 0.2) is 18.2 Å². The number of aryl methyl sites for hydroxylation is 1. The van der Waals surface area contributed by atoms with Crippen LogP contribution in [0.2, 0.25) is 0 Å². The fourth-order valence-electron chi connectivity index (χ4n) is 1.67. The molecule has 1 unspecified atom stereocenters. The Balaban J connectivity index is 2.65. The lowest BCUT2D eigenvalue weighted by Gasteiger charge is -2.12. The standard InChI is InChI=1S/C14H18N2O2/c1-10(5-6-17)9-16-14(18)13-4-3-12(8-15)7-11(13)2/h3-4,7,10,17H,5-6,9H2,1-2H3,(H,16,18). The number of benzene rings is 1. The van der Waals surface area contributed by atoms with E-state index < -0.39 is 0 Å². The fourth-order valence-corrected chi connectivity index (χ4v) is 1.67. The van der Waals surface area contributed by atoms with E-state index in [0.717, 1.165) is 5.56 Å². The summed E-state index contributed by atoms with van der Waals surface area (Å²) in [6.45, 7) is 4.46. The molecule has 96 valence electrons. The molecule has 4 heteroatoms. The highest BCUT2D eigenvalue weighted by molar-refractivity contribution is 5.95. The van der Waals surface area contributed by atoms with Crippen LogP contribution in [0, 0.1) is 24.2 Å². The number of nitriles is 1. The largest absolute Gasteiger partial charge is 0.396 e. The molecule has 0 fully saturated rings. The number of nitrogens with one attached hydrogen (secondary N) is 1. The summed E-state index contributed by atoms with van der Waals surface area (Å²) in [6.07, 6.45) is 0.673. The summed E-state index contributed by atoms with van der Waals surface area (Å²) in [7, 11) is 0. The van der Waals surface area contributed by atoms with E-state index in [1.807, 2.05) is 19.9 Å². The molecule has 1 rings (SSSR count). The van der Waals surface area contributed by atoms with Gasteiger partial charge in [-0.05, 0) is 43.0 Å². The predicted molar refractivity (Wildman–Crippen MR) is 69.1 cm³/mol. The molecule has 0 saturated carbocycles. The van der Waals surface area contributed by atoms with E-state index in [1.165, 1.54) is 0 Å². The second kappa shape index (κ2) is 6.77. The first kappa shape index (κ1) is 14.2. The minimum absolute atomic E-state index is 0.132. The molecule has 1 aromatic rings. The van der Waals surface area contributed by atoms with Gasteiger partial charge in [-0.1, -0.05) is 6.92 Å². The van der Waals surface area contributed by atoms with Crippen LogP contribution in [0.25, 0.3) is 0 Å². The van der Waals surface area contributed by atoms with Gasteiger partial charge in [0.2, 0.25) is 0 Å². The lowest BCUT2D eigenvalue weighted by atomic mass is 10.0. The lowest BCUT2D eigenvalue weighted by Crippen LogP contribution is -2.29. The van der Waals surface area contributed by atoms with Gasteiger partial charge in [0.25, 0.3) is 5.91 Å². The summed E-state index contributed by atoms with van der Waals surface area (Å²) in [5.41, 5.74) is 1.93. The molecule has 18 heavy (non-hydrogen) atoms. The van der Waals surface area contributed by atoms with E-state index in [9.17, 15) is 4.79 Å². The fraction of sp³-hybridized carbons (Fsp3) is 0.429. The molecule has 0 aromatic heterocycles. The summed E-state index contributed by atoms with van der Waals surface area (Å²) in [6, 6.07) is 7.05. The maximum atomic E-state index is 11.9. The van der Waals surface area contributed by atoms with E-state index >= 15 is 0 Å². The molecule has 1 amide bonds. The molecule has 0 radical (unpaired) electrons. The maximum Gasteiger partial charge on any atom is 0.251 e. The zero-order valence-corrected chi connectivity index (χ0v) is 10.7. The Hall–Kier alpha value is -1.86. The number of amides is 1. The van der Waals surface area contributed by atoms with Crippen molar-refractivity contribution in [3.63, 3.8) is 0 Å². The number of carbonyl (C=O) groups is 1. The summed E-state index contributed by atoms with van der Waals surface area (Å²) in [5.74, 6) is 0.111. The first-order valence-electron chi connectivity index (χ1n) is 5.98. The summed E-state index contributed by atoms with van der Waals surface area (Å²) in [5, 5.41) is 20.4. The van der Waals surface area contributed by atoms with Crippen molar-refractivity contribution >= 4 is 5.91 Å². The molecule has 0 saturated heterocycles. The number of rotatable bonds is 5. The zero-order valence-electron chi connectivity index (χ0n) is 10.7. The zero-order chi connectivity index (χ0) is 13.5. The van der Waals surface area contributed by atoms with Crippen LogP contribution in [-0.4, -0.2) is 24.2 Å².